The van der Waals surface area contributed by atoms with E-state index in [2.05, 4.69) is 4.74 Å². The summed E-state index contributed by atoms with van der Waals surface area (Å²) in [6, 6.07) is 0. The maximum Gasteiger partial charge on any atom is 0.473 e. The van der Waals surface area contributed by atoms with E-state index in [4.69, 9.17) is 0 Å². The second-order valence-corrected chi connectivity index (χ2v) is 3.74. The number of hydrogen-bond acceptors (Lipinski definition) is 2. The Kier molecular flexibility index (Phi) is 4.46. The van der Waals surface area contributed by atoms with Crippen LogP contribution >= 0.6 is 0 Å². The average molecular weight is 306 g/mol. The molecule has 0 aliphatic heterocycles. The van der Waals surface area contributed by atoms with Crippen molar-refractivity contribution in [2.45, 2.75) is 38.0 Å². The van der Waals surface area contributed by atoms with E-state index in [1.54, 1.807) is 0 Å². The topological polar surface area (TPSA) is 26.3 Å². The second kappa shape index (κ2) is 4.75. The lowest BCUT2D eigenvalue weighted by Gasteiger charge is -2.32. The van der Waals surface area contributed by atoms with Gasteiger partial charge in [-0.25, -0.2) is 0 Å². The Labute approximate surface area is 100 Å². The number of carbonyl (C=O) groups excluding carboxylic acids is 1. The minimum Gasteiger partial charge on any atom is -0.396 e. The molecule has 0 heterocycles. The van der Waals surface area contributed by atoms with E-state index in [1.807, 2.05) is 0 Å². The standard InChI is InChI=1S/C8H7F9O2/c1-3(2)4(18)19-8(16,17)6(11,12)5(9,10)7(13,14)15/h3H,1-2H3. The van der Waals surface area contributed by atoms with Gasteiger partial charge in [-0.1, -0.05) is 13.8 Å². The lowest BCUT2D eigenvalue weighted by molar-refractivity contribution is -0.435. The van der Waals surface area contributed by atoms with Crippen molar-refractivity contribution in [3.63, 3.8) is 0 Å². The predicted molar refractivity (Wildman–Crippen MR) is 41.8 cm³/mol. The zero-order valence-corrected chi connectivity index (χ0v) is 9.30. The van der Waals surface area contributed by atoms with Gasteiger partial charge in [0.25, 0.3) is 0 Å². The lowest BCUT2D eigenvalue weighted by Crippen LogP contribution is -2.62. The fourth-order valence-electron chi connectivity index (χ4n) is 0.669. The maximum atomic E-state index is 12.7. The fraction of sp³-hybridized carbons (Fsp3) is 0.875. The molecule has 0 amide bonds. The van der Waals surface area contributed by atoms with E-state index in [1.165, 1.54) is 0 Å². The van der Waals surface area contributed by atoms with Crippen LogP contribution in [0.5, 0.6) is 0 Å². The maximum absolute atomic E-state index is 12.7. The van der Waals surface area contributed by atoms with Crippen molar-refractivity contribution in [2.75, 3.05) is 0 Å². The molecule has 19 heavy (non-hydrogen) atoms. The first-order valence-electron chi connectivity index (χ1n) is 4.51. The molecule has 0 atom stereocenters. The van der Waals surface area contributed by atoms with Crippen LogP contribution in [0.15, 0.2) is 0 Å². The first kappa shape index (κ1) is 17.8. The van der Waals surface area contributed by atoms with Crippen LogP contribution in [0, 0.1) is 5.92 Å². The summed E-state index contributed by atoms with van der Waals surface area (Å²) in [5.74, 6) is -17.5. The van der Waals surface area contributed by atoms with Crippen LogP contribution in [0.4, 0.5) is 39.5 Å². The van der Waals surface area contributed by atoms with Crippen LogP contribution in [-0.2, 0) is 9.53 Å². The smallest absolute Gasteiger partial charge is 0.396 e. The third-order valence-electron chi connectivity index (χ3n) is 1.82. The van der Waals surface area contributed by atoms with Gasteiger partial charge >= 0.3 is 30.1 Å². The molecule has 0 saturated heterocycles. The summed E-state index contributed by atoms with van der Waals surface area (Å²) in [5, 5.41) is 0. The van der Waals surface area contributed by atoms with Gasteiger partial charge in [0.15, 0.2) is 0 Å². The van der Waals surface area contributed by atoms with E-state index < -0.39 is 36.0 Å². The van der Waals surface area contributed by atoms with Gasteiger partial charge in [0.05, 0.1) is 5.92 Å². The zero-order valence-electron chi connectivity index (χ0n) is 9.30. The third kappa shape index (κ3) is 3.06. The van der Waals surface area contributed by atoms with Crippen molar-refractivity contribution < 1.29 is 49.0 Å². The molecular formula is C8H7F9O2. The quantitative estimate of drug-likeness (QED) is 0.586. The van der Waals surface area contributed by atoms with Crippen molar-refractivity contribution >= 4 is 5.97 Å². The number of alkyl halides is 9. The van der Waals surface area contributed by atoms with E-state index in [9.17, 15) is 44.3 Å². The van der Waals surface area contributed by atoms with Crippen molar-refractivity contribution in [3.8, 4) is 0 Å². The molecule has 0 radical (unpaired) electrons. The molecule has 0 aromatic heterocycles. The SMILES string of the molecule is CC(C)C(=O)OC(F)(F)C(F)(F)C(F)(F)C(F)(F)F. The summed E-state index contributed by atoms with van der Waals surface area (Å²) in [7, 11) is 0. The van der Waals surface area contributed by atoms with E-state index in [0.29, 0.717) is 0 Å². The molecule has 0 rings (SSSR count). The van der Waals surface area contributed by atoms with Crippen molar-refractivity contribution in [1.82, 2.24) is 0 Å². The summed E-state index contributed by atoms with van der Waals surface area (Å²) in [6.07, 6.45) is -13.3. The molecule has 0 aromatic carbocycles. The minimum atomic E-state index is -7.07. The van der Waals surface area contributed by atoms with Gasteiger partial charge in [0, 0.05) is 0 Å². The number of hydrogen-bond donors (Lipinski definition) is 0. The summed E-state index contributed by atoms with van der Waals surface area (Å²) in [4.78, 5) is 10.6. The molecule has 0 saturated carbocycles. The lowest BCUT2D eigenvalue weighted by atomic mass is 10.1. The highest BCUT2D eigenvalue weighted by Gasteiger charge is 2.83. The average Bonchev–Trinajstić information content (AvgIpc) is 2.14. The second-order valence-electron chi connectivity index (χ2n) is 3.74. The number of ether oxygens (including phenoxy) is 1. The van der Waals surface area contributed by atoms with Crippen molar-refractivity contribution in [1.29, 1.82) is 0 Å². The van der Waals surface area contributed by atoms with Crippen LogP contribution in [-0.4, -0.2) is 30.1 Å². The highest BCUT2D eigenvalue weighted by molar-refractivity contribution is 5.71. The normalized spacial score (nSPS) is 14.7. The van der Waals surface area contributed by atoms with Crippen LogP contribution in [0.3, 0.4) is 0 Å². The Morgan fingerprint density at radius 3 is 1.47 bits per heavy atom. The molecule has 0 bridgehead atoms. The summed E-state index contributed by atoms with van der Waals surface area (Å²) in [6.45, 7) is 1.77. The first-order chi connectivity index (χ1) is 8.08. The van der Waals surface area contributed by atoms with Gasteiger partial charge in [0.1, 0.15) is 0 Å². The molecule has 0 aromatic rings. The Morgan fingerprint density at radius 2 is 1.21 bits per heavy atom. The fourth-order valence-corrected chi connectivity index (χ4v) is 0.669. The van der Waals surface area contributed by atoms with E-state index in [0.717, 1.165) is 13.8 Å². The first-order valence-corrected chi connectivity index (χ1v) is 4.51. The number of esters is 1. The highest BCUT2D eigenvalue weighted by atomic mass is 19.4. The molecule has 0 N–H and O–H groups in total. The van der Waals surface area contributed by atoms with Gasteiger partial charge in [-0.2, -0.15) is 39.5 Å². The Balaban J connectivity index is 5.46. The Morgan fingerprint density at radius 1 is 0.842 bits per heavy atom. The minimum absolute atomic E-state index is 0.887. The molecule has 0 aliphatic rings. The summed E-state index contributed by atoms with van der Waals surface area (Å²) >= 11 is 0. The molecule has 0 fully saturated rings. The van der Waals surface area contributed by atoms with Gasteiger partial charge < -0.3 is 4.74 Å². The predicted octanol–water partition coefficient (Wildman–Crippen LogP) is 3.61. The molecular weight excluding hydrogens is 299 g/mol. The van der Waals surface area contributed by atoms with Crippen molar-refractivity contribution in [3.05, 3.63) is 0 Å². The van der Waals surface area contributed by atoms with Crippen LogP contribution in [0.25, 0.3) is 0 Å². The molecule has 2 nitrogen and oxygen atoms in total. The molecule has 114 valence electrons. The van der Waals surface area contributed by atoms with Crippen molar-refractivity contribution in [2.24, 2.45) is 5.92 Å². The van der Waals surface area contributed by atoms with Crippen LogP contribution < -0.4 is 0 Å². The zero-order chi connectivity index (χ0) is 15.9. The van der Waals surface area contributed by atoms with Gasteiger partial charge in [-0.15, -0.1) is 0 Å². The largest absolute Gasteiger partial charge is 0.473 e. The van der Waals surface area contributed by atoms with E-state index >= 15 is 0 Å². The molecule has 0 unspecified atom stereocenters. The van der Waals surface area contributed by atoms with Gasteiger partial charge in [-0.05, 0) is 0 Å². The van der Waals surface area contributed by atoms with Gasteiger partial charge in [0.2, 0.25) is 0 Å². The molecule has 0 aliphatic carbocycles. The molecule has 0 spiro atoms. The monoisotopic (exact) mass is 306 g/mol. The summed E-state index contributed by atoms with van der Waals surface area (Å²) < 4.78 is 113. The van der Waals surface area contributed by atoms with E-state index in [-0.39, 0.29) is 0 Å². The third-order valence-corrected chi connectivity index (χ3v) is 1.82. The Hall–Kier alpha value is -1.16. The Bertz CT molecular complexity index is 345. The van der Waals surface area contributed by atoms with Gasteiger partial charge in [-0.3, -0.25) is 4.79 Å². The number of halogens is 9. The molecule has 11 heteroatoms. The van der Waals surface area contributed by atoms with Crippen LogP contribution in [0.2, 0.25) is 0 Å². The number of carbonyl (C=O) groups is 1. The summed E-state index contributed by atoms with van der Waals surface area (Å²) in [5.41, 5.74) is 0. The van der Waals surface area contributed by atoms with Crippen LogP contribution in [0.1, 0.15) is 13.8 Å². The number of rotatable bonds is 4. The highest BCUT2D eigenvalue weighted by Crippen LogP contribution is 2.53.